The van der Waals surface area contributed by atoms with Gasteiger partial charge in [0.15, 0.2) is 0 Å². The molecule has 0 saturated carbocycles. The molecule has 2 aromatic rings. The van der Waals surface area contributed by atoms with Gasteiger partial charge in [-0.3, -0.25) is 14.9 Å². The summed E-state index contributed by atoms with van der Waals surface area (Å²) in [6.07, 6.45) is 1.92. The molecule has 1 aliphatic heterocycles. The van der Waals surface area contributed by atoms with Crippen LogP contribution in [0.1, 0.15) is 17.7 Å². The van der Waals surface area contributed by atoms with E-state index in [9.17, 15) is 9.59 Å². The van der Waals surface area contributed by atoms with Crippen molar-refractivity contribution in [2.75, 3.05) is 0 Å². The lowest BCUT2D eigenvalue weighted by molar-refractivity contribution is -0.119. The summed E-state index contributed by atoms with van der Waals surface area (Å²) in [6.45, 7) is 2.35. The zero-order valence-corrected chi connectivity index (χ0v) is 12.4. The fraction of sp³-hybridized carbons (Fsp3) is 0.188. The van der Waals surface area contributed by atoms with Gasteiger partial charge in [0.25, 0.3) is 5.24 Å². The average Bonchev–Trinajstić information content (AvgIpc) is 2.95. The van der Waals surface area contributed by atoms with Crippen molar-refractivity contribution in [3.05, 3.63) is 36.0 Å². The summed E-state index contributed by atoms with van der Waals surface area (Å²) < 4.78 is 2.01. The molecule has 2 unspecified atom stereocenters. The Morgan fingerprint density at radius 1 is 1.38 bits per heavy atom. The summed E-state index contributed by atoms with van der Waals surface area (Å²) in [7, 11) is -0.884. The molecule has 3 rings (SSSR count). The van der Waals surface area contributed by atoms with Crippen molar-refractivity contribution in [2.45, 2.75) is 18.7 Å². The molecule has 0 aliphatic carbocycles. The van der Waals surface area contributed by atoms with E-state index in [1.165, 1.54) is 0 Å². The Morgan fingerprint density at radius 2 is 2.14 bits per heavy atom. The standard InChI is InChI=1S/C16H14N2O2S/c1-3-4-9-18-10-12(11-7-5-6-8-13(11)18)14-15(19)17-16(20)21(14)2/h5-8,10,14H,2,9H2,1H3,(H,17,19,20). The summed E-state index contributed by atoms with van der Waals surface area (Å²) in [5.41, 5.74) is 1.87. The van der Waals surface area contributed by atoms with Crippen molar-refractivity contribution < 1.29 is 9.59 Å². The molecule has 4 nitrogen and oxygen atoms in total. The maximum Gasteiger partial charge on any atom is 0.280 e. The Balaban J connectivity index is 2.18. The van der Waals surface area contributed by atoms with Gasteiger partial charge < -0.3 is 4.57 Å². The average molecular weight is 298 g/mol. The Kier molecular flexibility index (Phi) is 3.40. The third-order valence-corrected chi connectivity index (χ3v) is 5.13. The Bertz CT molecular complexity index is 839. The number of fused-ring (bicyclic) bond motifs is 1. The number of benzene rings is 1. The van der Waals surface area contributed by atoms with E-state index in [4.69, 9.17) is 0 Å². The van der Waals surface area contributed by atoms with Crippen LogP contribution in [0.4, 0.5) is 4.79 Å². The monoisotopic (exact) mass is 298 g/mol. The van der Waals surface area contributed by atoms with Crippen molar-refractivity contribution >= 4 is 38.4 Å². The number of para-hydroxylation sites is 1. The number of imide groups is 1. The van der Waals surface area contributed by atoms with Gasteiger partial charge in [-0.2, -0.15) is 0 Å². The molecule has 1 N–H and O–H groups in total. The molecule has 1 aromatic carbocycles. The number of aromatic nitrogens is 1. The van der Waals surface area contributed by atoms with Gasteiger partial charge in [0.1, 0.15) is 5.25 Å². The summed E-state index contributed by atoms with van der Waals surface area (Å²) in [4.78, 5) is 23.7. The molecule has 2 heterocycles. The van der Waals surface area contributed by atoms with E-state index in [2.05, 4.69) is 23.0 Å². The second-order valence-corrected chi connectivity index (χ2v) is 6.44. The highest BCUT2D eigenvalue weighted by atomic mass is 32.2. The molecule has 1 aromatic heterocycles. The van der Waals surface area contributed by atoms with Gasteiger partial charge in [-0.05, 0) is 13.0 Å². The topological polar surface area (TPSA) is 51.1 Å². The molecular formula is C16H14N2O2S. The van der Waals surface area contributed by atoms with Gasteiger partial charge in [-0.25, -0.2) is 0 Å². The lowest BCUT2D eigenvalue weighted by Crippen LogP contribution is -2.20. The predicted molar refractivity (Wildman–Crippen MR) is 86.4 cm³/mol. The summed E-state index contributed by atoms with van der Waals surface area (Å²) in [5, 5.41) is 2.56. The molecule has 21 heavy (non-hydrogen) atoms. The maximum absolute atomic E-state index is 12.1. The van der Waals surface area contributed by atoms with Crippen LogP contribution in [0.2, 0.25) is 0 Å². The van der Waals surface area contributed by atoms with Crippen LogP contribution in [0.15, 0.2) is 30.5 Å². The van der Waals surface area contributed by atoms with E-state index in [0.717, 1.165) is 16.5 Å². The van der Waals surface area contributed by atoms with Crippen LogP contribution in [0.3, 0.4) is 0 Å². The number of nitrogens with one attached hydrogen (secondary N) is 1. The van der Waals surface area contributed by atoms with Crippen molar-refractivity contribution in [3.8, 4) is 11.8 Å². The number of carbonyl (C=O) groups excluding carboxylic acids is 2. The Morgan fingerprint density at radius 3 is 2.81 bits per heavy atom. The van der Waals surface area contributed by atoms with Gasteiger partial charge in [0.2, 0.25) is 5.91 Å². The maximum atomic E-state index is 12.1. The van der Waals surface area contributed by atoms with Crippen molar-refractivity contribution in [3.63, 3.8) is 0 Å². The normalized spacial score (nSPS) is 21.2. The minimum Gasteiger partial charge on any atom is -0.335 e. The van der Waals surface area contributed by atoms with E-state index in [-0.39, 0.29) is 11.1 Å². The molecule has 0 spiro atoms. The van der Waals surface area contributed by atoms with Crippen LogP contribution in [0, 0.1) is 11.8 Å². The first-order valence-corrected chi connectivity index (χ1v) is 7.94. The number of hydrogen-bond donors (Lipinski definition) is 1. The molecular weight excluding hydrogens is 284 g/mol. The van der Waals surface area contributed by atoms with E-state index >= 15 is 0 Å². The number of hydrogen-bond acceptors (Lipinski definition) is 2. The molecule has 2 atom stereocenters. The van der Waals surface area contributed by atoms with Gasteiger partial charge in [-0.15, -0.1) is 5.92 Å². The number of amides is 2. The fourth-order valence-corrected chi connectivity index (χ4v) is 3.80. The smallest absolute Gasteiger partial charge is 0.280 e. The largest absolute Gasteiger partial charge is 0.335 e. The second kappa shape index (κ2) is 5.23. The zero-order valence-electron chi connectivity index (χ0n) is 11.6. The van der Waals surface area contributed by atoms with Gasteiger partial charge in [0, 0.05) is 22.7 Å². The summed E-state index contributed by atoms with van der Waals surface area (Å²) in [6, 6.07) is 7.84. The lowest BCUT2D eigenvalue weighted by Gasteiger charge is -2.06. The zero-order chi connectivity index (χ0) is 15.0. The van der Waals surface area contributed by atoms with Gasteiger partial charge in [0.05, 0.1) is 6.54 Å². The van der Waals surface area contributed by atoms with Crippen LogP contribution in [-0.4, -0.2) is 21.6 Å². The number of rotatable bonds is 2. The highest BCUT2D eigenvalue weighted by Gasteiger charge is 2.36. The highest BCUT2D eigenvalue weighted by Crippen LogP contribution is 2.42. The van der Waals surface area contributed by atoms with E-state index in [1.54, 1.807) is 6.92 Å². The third-order valence-electron chi connectivity index (χ3n) is 3.51. The van der Waals surface area contributed by atoms with E-state index < -0.39 is 15.7 Å². The predicted octanol–water partition coefficient (Wildman–Crippen LogP) is 2.66. The van der Waals surface area contributed by atoms with Crippen LogP contribution < -0.4 is 5.32 Å². The third kappa shape index (κ3) is 2.18. The van der Waals surface area contributed by atoms with Crippen LogP contribution in [-0.2, 0) is 11.3 Å². The molecule has 1 aliphatic rings. The Labute approximate surface area is 125 Å². The fourth-order valence-electron chi connectivity index (χ4n) is 2.54. The number of nitrogens with zero attached hydrogens (tertiary/aromatic N) is 1. The minimum atomic E-state index is -0.884. The van der Waals surface area contributed by atoms with Crippen LogP contribution >= 0.6 is 10.5 Å². The minimum absolute atomic E-state index is 0.261. The molecule has 106 valence electrons. The van der Waals surface area contributed by atoms with Gasteiger partial charge >= 0.3 is 0 Å². The van der Waals surface area contributed by atoms with E-state index in [1.807, 2.05) is 35.0 Å². The Hall–Kier alpha value is -2.32. The molecule has 1 saturated heterocycles. The van der Waals surface area contributed by atoms with Crippen molar-refractivity contribution in [2.24, 2.45) is 0 Å². The first-order valence-electron chi connectivity index (χ1n) is 6.48. The van der Waals surface area contributed by atoms with Gasteiger partial charge in [-0.1, -0.05) is 40.5 Å². The quantitative estimate of drug-likeness (QED) is 0.684. The second-order valence-electron chi connectivity index (χ2n) is 4.74. The summed E-state index contributed by atoms with van der Waals surface area (Å²) in [5.74, 6) is 9.49. The molecule has 1 fully saturated rings. The number of carbonyl (C=O) groups is 2. The highest BCUT2D eigenvalue weighted by molar-refractivity contribution is 8.28. The lowest BCUT2D eigenvalue weighted by atomic mass is 10.1. The van der Waals surface area contributed by atoms with Crippen molar-refractivity contribution in [1.29, 1.82) is 0 Å². The van der Waals surface area contributed by atoms with E-state index in [0.29, 0.717) is 6.54 Å². The van der Waals surface area contributed by atoms with Crippen molar-refractivity contribution in [1.82, 2.24) is 9.88 Å². The molecule has 0 radical (unpaired) electrons. The first-order chi connectivity index (χ1) is 10.1. The summed E-state index contributed by atoms with van der Waals surface area (Å²) >= 11 is 0. The molecule has 2 amide bonds. The molecule has 0 bridgehead atoms. The SMILES string of the molecule is C=S1C(=O)NC(=O)C1c1cn(CC#CC)c2ccccc12. The van der Waals surface area contributed by atoms with Crippen LogP contribution in [0.5, 0.6) is 0 Å². The first kappa shape index (κ1) is 13.7. The van der Waals surface area contributed by atoms with Crippen LogP contribution in [0.25, 0.3) is 10.9 Å². The molecule has 5 heteroatoms.